The van der Waals surface area contributed by atoms with Crippen molar-refractivity contribution in [2.45, 2.75) is 56.8 Å². The molecule has 2 aromatic heterocycles. The molecule has 4 aromatic carbocycles. The zero-order valence-electron chi connectivity index (χ0n) is 34.4. The summed E-state index contributed by atoms with van der Waals surface area (Å²) >= 11 is 0. The highest BCUT2D eigenvalue weighted by Gasteiger charge is 2.39. The number of hydrogen-bond acceptors (Lipinski definition) is 10. The summed E-state index contributed by atoms with van der Waals surface area (Å²) in [4.78, 5) is 82.4. The lowest BCUT2D eigenvalue weighted by Crippen LogP contribution is -2.48. The summed E-state index contributed by atoms with van der Waals surface area (Å²) in [5.74, 6) is 0.498. The molecule has 0 spiro atoms. The average Bonchev–Trinajstić information content (AvgIpc) is 4.15. The highest BCUT2D eigenvalue weighted by molar-refractivity contribution is 6.00. The first-order valence-corrected chi connectivity index (χ1v) is 20.4. The Hall–Kier alpha value is -7.49. The molecule has 4 N–H and O–H groups in total. The minimum atomic E-state index is -1.03. The van der Waals surface area contributed by atoms with Gasteiger partial charge >= 0.3 is 12.2 Å². The fourth-order valence-electron chi connectivity index (χ4n) is 8.26. The van der Waals surface area contributed by atoms with E-state index in [1.54, 1.807) is 59.6 Å². The molecule has 2 aliphatic heterocycles. The van der Waals surface area contributed by atoms with Gasteiger partial charge in [-0.2, -0.15) is 0 Å². The van der Waals surface area contributed by atoms with Crippen molar-refractivity contribution in [3.8, 4) is 22.8 Å². The molecule has 318 valence electrons. The third-order valence-corrected chi connectivity index (χ3v) is 11.5. The molecular formula is C46H46N8O8. The number of alkyl carbamates (subject to hydrolysis) is 2. The van der Waals surface area contributed by atoms with Crippen LogP contribution in [0.5, 0.6) is 0 Å². The van der Waals surface area contributed by atoms with Gasteiger partial charge in [-0.25, -0.2) is 19.6 Å². The summed E-state index contributed by atoms with van der Waals surface area (Å²) in [7, 11) is 2.49. The Morgan fingerprint density at radius 3 is 2.06 bits per heavy atom. The van der Waals surface area contributed by atoms with Crippen LogP contribution >= 0.6 is 0 Å². The van der Waals surface area contributed by atoms with Crippen LogP contribution in [-0.4, -0.2) is 88.0 Å². The van der Waals surface area contributed by atoms with Crippen molar-refractivity contribution in [3.63, 3.8) is 0 Å². The number of hydrogen-bond donors (Lipinski definition) is 4. The lowest BCUT2D eigenvalue weighted by atomic mass is 10.0. The number of benzene rings is 4. The molecule has 16 nitrogen and oxygen atoms in total. The van der Waals surface area contributed by atoms with E-state index in [4.69, 9.17) is 18.9 Å². The molecule has 2 aliphatic rings. The molecule has 4 atom stereocenters. The maximum atomic E-state index is 14.0. The Kier molecular flexibility index (Phi) is 12.0. The third-order valence-electron chi connectivity index (χ3n) is 11.5. The van der Waals surface area contributed by atoms with Gasteiger partial charge in [-0.15, -0.1) is 0 Å². The SMILES string of the molecule is COC(=O)N[C@H](C(=O)N1CCC[C@H]1c1nc2ccc(-c3cnc(-c4cccc(NC(=O)[C@H]5CCCN5C(=O)[C@H](NC(=O)OC)c5ccccc5)c4C)o3)cc2[nH]1)c1ccccc1. The van der Waals surface area contributed by atoms with Gasteiger partial charge in [-0.3, -0.25) is 14.4 Å². The third kappa shape index (κ3) is 8.44. The Labute approximate surface area is 357 Å². The molecule has 0 radical (unpaired) electrons. The van der Waals surface area contributed by atoms with Gasteiger partial charge in [0, 0.05) is 29.9 Å². The van der Waals surface area contributed by atoms with Crippen molar-refractivity contribution in [2.75, 3.05) is 32.6 Å². The van der Waals surface area contributed by atoms with Crippen molar-refractivity contribution in [2.24, 2.45) is 0 Å². The largest absolute Gasteiger partial charge is 0.453 e. The van der Waals surface area contributed by atoms with Crippen LogP contribution in [0.25, 0.3) is 33.8 Å². The number of methoxy groups -OCH3 is 2. The van der Waals surface area contributed by atoms with Gasteiger partial charge in [0.05, 0.1) is 37.5 Å². The van der Waals surface area contributed by atoms with Crippen molar-refractivity contribution in [3.05, 3.63) is 126 Å². The van der Waals surface area contributed by atoms with Gasteiger partial charge in [-0.05, 0) is 79.6 Å². The van der Waals surface area contributed by atoms with Crippen LogP contribution in [0.3, 0.4) is 0 Å². The van der Waals surface area contributed by atoms with E-state index in [9.17, 15) is 24.0 Å². The minimum absolute atomic E-state index is 0.254. The smallest absolute Gasteiger partial charge is 0.407 e. The van der Waals surface area contributed by atoms with Gasteiger partial charge in [0.15, 0.2) is 5.76 Å². The quantitative estimate of drug-likeness (QED) is 0.106. The number of aromatic nitrogens is 3. The van der Waals surface area contributed by atoms with Crippen molar-refractivity contribution in [1.29, 1.82) is 0 Å². The van der Waals surface area contributed by atoms with E-state index < -0.39 is 36.2 Å². The standard InChI is InChI=1S/C46H46N8O8/c1-27-31(17-10-18-32(27)50-41(55)36-20-12-24-54(36)44(57)39(52-46(59)61-3)29-15-8-5-9-16-29)42-47-26-37(62-42)30-21-22-33-34(25-30)49-40(48-33)35-19-11-23-53(35)43(56)38(51-45(58)60-2)28-13-6-4-7-14-28/h4-10,13-18,21-22,25-26,35-36,38-39H,11-12,19-20,23-24H2,1-3H3,(H,48,49)(H,50,55)(H,51,58)(H,52,59)/t35-,36+,38-,39+/m0/s1. The fourth-order valence-corrected chi connectivity index (χ4v) is 8.26. The average molecular weight is 839 g/mol. The molecule has 2 saturated heterocycles. The van der Waals surface area contributed by atoms with Crippen molar-refractivity contribution in [1.82, 2.24) is 35.4 Å². The van der Waals surface area contributed by atoms with Gasteiger partial charge in [0.1, 0.15) is 23.9 Å². The summed E-state index contributed by atoms with van der Waals surface area (Å²) in [6, 6.07) is 26.0. The maximum Gasteiger partial charge on any atom is 0.407 e. The molecule has 0 bridgehead atoms. The van der Waals surface area contributed by atoms with Gasteiger partial charge < -0.3 is 44.6 Å². The Morgan fingerprint density at radius 2 is 1.40 bits per heavy atom. The molecular weight excluding hydrogens is 793 g/mol. The predicted octanol–water partition coefficient (Wildman–Crippen LogP) is 6.98. The number of aromatic amines is 1. The number of H-pyrrole nitrogens is 1. The zero-order valence-corrected chi connectivity index (χ0v) is 34.4. The predicted molar refractivity (Wildman–Crippen MR) is 228 cm³/mol. The van der Waals surface area contributed by atoms with Crippen LogP contribution in [0.4, 0.5) is 15.3 Å². The van der Waals surface area contributed by atoms with E-state index in [2.05, 4.69) is 25.9 Å². The number of carbonyl (C=O) groups is 5. The van der Waals surface area contributed by atoms with E-state index in [1.807, 2.05) is 55.5 Å². The number of oxazole rings is 1. The minimum Gasteiger partial charge on any atom is -0.453 e. The molecule has 0 unspecified atom stereocenters. The molecule has 6 aromatic rings. The highest BCUT2D eigenvalue weighted by atomic mass is 16.5. The summed E-state index contributed by atoms with van der Waals surface area (Å²) < 4.78 is 15.9. The second kappa shape index (κ2) is 18.0. The highest BCUT2D eigenvalue weighted by Crippen LogP contribution is 2.36. The summed E-state index contributed by atoms with van der Waals surface area (Å²) in [6.07, 6.45) is 2.74. The van der Waals surface area contributed by atoms with E-state index in [1.165, 1.54) is 19.1 Å². The summed E-state index contributed by atoms with van der Waals surface area (Å²) in [5.41, 5.74) is 5.37. The Balaban J connectivity index is 0.976. The first-order valence-electron chi connectivity index (χ1n) is 20.4. The van der Waals surface area contributed by atoms with Gasteiger partial charge in [0.2, 0.25) is 11.8 Å². The van der Waals surface area contributed by atoms with E-state index in [0.717, 1.165) is 23.1 Å². The second-order valence-electron chi connectivity index (χ2n) is 15.2. The number of rotatable bonds is 11. The number of likely N-dealkylation sites (tertiary alicyclic amines) is 2. The van der Waals surface area contributed by atoms with Crippen molar-refractivity contribution >= 4 is 46.6 Å². The normalized spacial score (nSPS) is 17.0. The number of anilines is 1. The molecule has 16 heteroatoms. The van der Waals surface area contributed by atoms with E-state index >= 15 is 0 Å². The van der Waals surface area contributed by atoms with Crippen molar-refractivity contribution < 1.29 is 37.9 Å². The molecule has 5 amide bonds. The molecule has 4 heterocycles. The first kappa shape index (κ1) is 41.3. The number of imidazole rings is 1. The zero-order chi connectivity index (χ0) is 43.3. The monoisotopic (exact) mass is 838 g/mol. The number of carbonyl (C=O) groups excluding carboxylic acids is 5. The van der Waals surface area contributed by atoms with Crippen LogP contribution in [0.2, 0.25) is 0 Å². The summed E-state index contributed by atoms with van der Waals surface area (Å²) in [6.45, 7) is 2.73. The fraction of sp³-hybridized carbons (Fsp3) is 0.283. The van der Waals surface area contributed by atoms with Gasteiger partial charge in [0.25, 0.3) is 11.8 Å². The number of nitrogens with one attached hydrogen (secondary N) is 4. The molecule has 0 aliphatic carbocycles. The van der Waals surface area contributed by atoms with Crippen LogP contribution in [-0.2, 0) is 23.9 Å². The van der Waals surface area contributed by atoms with Crippen LogP contribution in [0, 0.1) is 6.92 Å². The van der Waals surface area contributed by atoms with Crippen LogP contribution in [0.1, 0.15) is 66.3 Å². The van der Waals surface area contributed by atoms with Crippen LogP contribution in [0.15, 0.2) is 108 Å². The van der Waals surface area contributed by atoms with Gasteiger partial charge in [-0.1, -0.05) is 66.7 Å². The molecule has 8 rings (SSSR count). The topological polar surface area (TPSA) is 201 Å². The maximum absolute atomic E-state index is 14.0. The number of nitrogens with zero attached hydrogens (tertiary/aromatic N) is 4. The summed E-state index contributed by atoms with van der Waals surface area (Å²) in [5, 5.41) is 8.35. The number of amides is 5. The van der Waals surface area contributed by atoms with E-state index in [-0.39, 0.29) is 17.9 Å². The lowest BCUT2D eigenvalue weighted by molar-refractivity contribution is -0.138. The van der Waals surface area contributed by atoms with E-state index in [0.29, 0.717) is 77.7 Å². The number of ether oxygens (including phenoxy) is 2. The molecule has 62 heavy (non-hydrogen) atoms. The molecule has 2 fully saturated rings. The Bertz CT molecular complexity index is 2610. The first-order chi connectivity index (χ1) is 30.1. The van der Waals surface area contributed by atoms with Crippen LogP contribution < -0.4 is 16.0 Å². The lowest BCUT2D eigenvalue weighted by Gasteiger charge is -2.29. The second-order valence-corrected chi connectivity index (χ2v) is 15.2. The molecule has 0 saturated carbocycles. The number of fused-ring (bicyclic) bond motifs is 1. The Morgan fingerprint density at radius 1 is 0.774 bits per heavy atom.